The van der Waals surface area contributed by atoms with Crippen LogP contribution in [0, 0.1) is 5.92 Å². The van der Waals surface area contributed by atoms with E-state index in [1.807, 2.05) is 6.07 Å². The van der Waals surface area contributed by atoms with Crippen molar-refractivity contribution >= 4 is 5.91 Å². The maximum absolute atomic E-state index is 12.1. The van der Waals surface area contributed by atoms with Crippen LogP contribution in [0.25, 0.3) is 0 Å². The topological polar surface area (TPSA) is 49.3 Å². The number of fused-ring (bicyclic) bond motifs is 1. The van der Waals surface area contributed by atoms with E-state index in [1.54, 1.807) is 0 Å². The van der Waals surface area contributed by atoms with Gasteiger partial charge in [-0.2, -0.15) is 0 Å². The van der Waals surface area contributed by atoms with Gasteiger partial charge in [0.15, 0.2) is 0 Å². The molecule has 126 valence electrons. The standard InChI is InChI=1S/C20H29NO2/c22-19(11-10-16-6-2-1-3-7-16)21-15-20(23)13-12-17-8-4-5-9-18(17)14-20/h4-5,8-9,16,23H,1-3,6-7,10-15H2,(H,21,22). The average Bonchev–Trinajstić information content (AvgIpc) is 2.59. The van der Waals surface area contributed by atoms with Crippen LogP contribution in [-0.4, -0.2) is 23.2 Å². The number of hydrogen-bond donors (Lipinski definition) is 2. The first kappa shape index (κ1) is 16.5. The van der Waals surface area contributed by atoms with Crippen molar-refractivity contribution in [3.05, 3.63) is 35.4 Å². The van der Waals surface area contributed by atoms with Gasteiger partial charge < -0.3 is 10.4 Å². The van der Waals surface area contributed by atoms with Crippen molar-refractivity contribution in [1.82, 2.24) is 5.32 Å². The summed E-state index contributed by atoms with van der Waals surface area (Å²) in [4.78, 5) is 12.1. The normalized spacial score (nSPS) is 24.9. The second-order valence-electron chi connectivity index (χ2n) is 7.49. The van der Waals surface area contributed by atoms with E-state index in [4.69, 9.17) is 0 Å². The predicted octanol–water partition coefficient (Wildman–Crippen LogP) is 3.38. The van der Waals surface area contributed by atoms with Gasteiger partial charge in [-0.25, -0.2) is 0 Å². The molecule has 1 atom stereocenters. The Morgan fingerprint density at radius 3 is 2.70 bits per heavy atom. The molecule has 1 fully saturated rings. The molecule has 3 heteroatoms. The highest BCUT2D eigenvalue weighted by atomic mass is 16.3. The van der Waals surface area contributed by atoms with E-state index in [-0.39, 0.29) is 5.91 Å². The van der Waals surface area contributed by atoms with E-state index in [0.29, 0.717) is 19.4 Å². The maximum atomic E-state index is 12.1. The third-order valence-electron chi connectivity index (χ3n) is 5.62. The van der Waals surface area contributed by atoms with Crippen LogP contribution in [0.2, 0.25) is 0 Å². The van der Waals surface area contributed by atoms with Gasteiger partial charge in [-0.15, -0.1) is 0 Å². The monoisotopic (exact) mass is 315 g/mol. The van der Waals surface area contributed by atoms with Gasteiger partial charge in [0.1, 0.15) is 0 Å². The molecule has 0 aromatic heterocycles. The first-order valence-electron chi connectivity index (χ1n) is 9.20. The van der Waals surface area contributed by atoms with Crippen molar-refractivity contribution in [2.24, 2.45) is 5.92 Å². The lowest BCUT2D eigenvalue weighted by Gasteiger charge is -2.33. The van der Waals surface area contributed by atoms with E-state index in [9.17, 15) is 9.90 Å². The number of aliphatic hydroxyl groups is 1. The van der Waals surface area contributed by atoms with E-state index in [1.165, 1.54) is 43.2 Å². The number of hydrogen-bond acceptors (Lipinski definition) is 2. The Balaban J connectivity index is 1.43. The number of carbonyl (C=O) groups is 1. The van der Waals surface area contributed by atoms with Crippen LogP contribution in [0.1, 0.15) is 62.5 Å². The number of amides is 1. The lowest BCUT2D eigenvalue weighted by atomic mass is 9.80. The van der Waals surface area contributed by atoms with Gasteiger partial charge >= 0.3 is 0 Å². The predicted molar refractivity (Wildman–Crippen MR) is 92.2 cm³/mol. The van der Waals surface area contributed by atoms with Gasteiger partial charge in [0, 0.05) is 19.4 Å². The number of nitrogens with one attached hydrogen (secondary N) is 1. The third kappa shape index (κ3) is 4.57. The fourth-order valence-corrected chi connectivity index (χ4v) is 4.10. The molecule has 2 aliphatic carbocycles. The molecule has 3 nitrogen and oxygen atoms in total. The highest BCUT2D eigenvalue weighted by molar-refractivity contribution is 5.75. The molecular weight excluding hydrogens is 286 g/mol. The largest absolute Gasteiger partial charge is 0.388 e. The van der Waals surface area contributed by atoms with Crippen molar-refractivity contribution < 1.29 is 9.90 Å². The van der Waals surface area contributed by atoms with Crippen LogP contribution in [0.5, 0.6) is 0 Å². The van der Waals surface area contributed by atoms with Crippen molar-refractivity contribution in [2.75, 3.05) is 6.54 Å². The van der Waals surface area contributed by atoms with E-state index < -0.39 is 5.60 Å². The first-order valence-corrected chi connectivity index (χ1v) is 9.20. The van der Waals surface area contributed by atoms with Crippen molar-refractivity contribution in [3.8, 4) is 0 Å². The van der Waals surface area contributed by atoms with Gasteiger partial charge in [-0.3, -0.25) is 4.79 Å². The summed E-state index contributed by atoms with van der Waals surface area (Å²) in [6.45, 7) is 0.380. The molecule has 0 saturated heterocycles. The molecule has 1 saturated carbocycles. The Bertz CT molecular complexity index is 536. The second-order valence-corrected chi connectivity index (χ2v) is 7.49. The molecular formula is C20H29NO2. The van der Waals surface area contributed by atoms with Crippen molar-refractivity contribution in [1.29, 1.82) is 0 Å². The zero-order valence-corrected chi connectivity index (χ0v) is 14.0. The summed E-state index contributed by atoms with van der Waals surface area (Å²) in [5, 5.41) is 13.7. The third-order valence-corrected chi connectivity index (χ3v) is 5.62. The minimum Gasteiger partial charge on any atom is -0.388 e. The summed E-state index contributed by atoms with van der Waals surface area (Å²) in [6, 6.07) is 8.30. The van der Waals surface area contributed by atoms with E-state index in [0.717, 1.165) is 25.2 Å². The Labute approximate surface area is 139 Å². The smallest absolute Gasteiger partial charge is 0.220 e. The van der Waals surface area contributed by atoms with Crippen molar-refractivity contribution in [3.63, 3.8) is 0 Å². The van der Waals surface area contributed by atoms with Crippen LogP contribution in [0.4, 0.5) is 0 Å². The maximum Gasteiger partial charge on any atom is 0.220 e. The molecule has 0 aliphatic heterocycles. The van der Waals surface area contributed by atoms with Gasteiger partial charge in [-0.05, 0) is 36.3 Å². The number of rotatable bonds is 5. The second kappa shape index (κ2) is 7.48. The molecule has 1 aromatic rings. The van der Waals surface area contributed by atoms with Gasteiger partial charge in [0.25, 0.3) is 0 Å². The molecule has 2 N–H and O–H groups in total. The molecule has 1 aromatic carbocycles. The zero-order chi connectivity index (χ0) is 16.1. The van der Waals surface area contributed by atoms with Gasteiger partial charge in [0.2, 0.25) is 5.91 Å². The van der Waals surface area contributed by atoms with Gasteiger partial charge in [-0.1, -0.05) is 56.4 Å². The van der Waals surface area contributed by atoms with Crippen LogP contribution < -0.4 is 5.32 Å². The quantitative estimate of drug-likeness (QED) is 0.875. The molecule has 0 radical (unpaired) electrons. The highest BCUT2D eigenvalue weighted by Gasteiger charge is 2.32. The summed E-state index contributed by atoms with van der Waals surface area (Å²) in [5.74, 6) is 0.835. The molecule has 0 spiro atoms. The fraction of sp³-hybridized carbons (Fsp3) is 0.650. The number of benzene rings is 1. The number of carbonyl (C=O) groups excluding carboxylic acids is 1. The summed E-state index contributed by atoms with van der Waals surface area (Å²) >= 11 is 0. The fourth-order valence-electron chi connectivity index (χ4n) is 4.10. The summed E-state index contributed by atoms with van der Waals surface area (Å²) in [6.07, 6.45) is 10.5. The molecule has 23 heavy (non-hydrogen) atoms. The van der Waals surface area contributed by atoms with Crippen LogP contribution >= 0.6 is 0 Å². The average molecular weight is 315 g/mol. The molecule has 1 amide bonds. The van der Waals surface area contributed by atoms with Gasteiger partial charge in [0.05, 0.1) is 5.60 Å². The Morgan fingerprint density at radius 2 is 1.91 bits per heavy atom. The van der Waals surface area contributed by atoms with Crippen molar-refractivity contribution in [2.45, 2.75) is 69.8 Å². The lowest BCUT2D eigenvalue weighted by Crippen LogP contribution is -2.46. The minimum atomic E-state index is -0.783. The molecule has 0 bridgehead atoms. The summed E-state index contributed by atoms with van der Waals surface area (Å²) in [7, 11) is 0. The lowest BCUT2D eigenvalue weighted by molar-refractivity contribution is -0.122. The van der Waals surface area contributed by atoms with Crippen LogP contribution in [0.3, 0.4) is 0 Å². The SMILES string of the molecule is O=C(CCC1CCCCC1)NCC1(O)CCc2ccccc2C1. The highest BCUT2D eigenvalue weighted by Crippen LogP contribution is 2.29. The molecule has 0 heterocycles. The van der Waals surface area contributed by atoms with Crippen LogP contribution in [0.15, 0.2) is 24.3 Å². The molecule has 3 rings (SSSR count). The Kier molecular flexibility index (Phi) is 5.37. The van der Waals surface area contributed by atoms with Crippen LogP contribution in [-0.2, 0) is 17.6 Å². The Morgan fingerprint density at radius 1 is 1.17 bits per heavy atom. The zero-order valence-electron chi connectivity index (χ0n) is 14.0. The Hall–Kier alpha value is -1.35. The first-order chi connectivity index (χ1) is 11.1. The number of aryl methyl sites for hydroxylation is 1. The molecule has 2 aliphatic rings. The van der Waals surface area contributed by atoms with E-state index in [2.05, 4.69) is 23.5 Å². The summed E-state index contributed by atoms with van der Waals surface area (Å²) < 4.78 is 0. The molecule has 1 unspecified atom stereocenters. The summed E-state index contributed by atoms with van der Waals surface area (Å²) in [5.41, 5.74) is 1.77. The van der Waals surface area contributed by atoms with E-state index >= 15 is 0 Å². The minimum absolute atomic E-state index is 0.0999.